The number of hydrogen-bond donors (Lipinski definition) is 0. The third-order valence-corrected chi connectivity index (χ3v) is 3.17. The van der Waals surface area contributed by atoms with Crippen LogP contribution in [0, 0.1) is 6.92 Å². The molecule has 0 amide bonds. The van der Waals surface area contributed by atoms with Crippen molar-refractivity contribution < 1.29 is 4.52 Å². The quantitative estimate of drug-likeness (QED) is 0.759. The van der Waals surface area contributed by atoms with E-state index in [9.17, 15) is 0 Å². The van der Waals surface area contributed by atoms with Gasteiger partial charge in [0.15, 0.2) is 0 Å². The Labute approximate surface area is 97.6 Å². The van der Waals surface area contributed by atoms with Gasteiger partial charge in [-0.2, -0.15) is 0 Å². The van der Waals surface area contributed by atoms with Crippen LogP contribution in [-0.2, 0) is 5.75 Å². The average molecular weight is 240 g/mol. The van der Waals surface area contributed by atoms with Crippen molar-refractivity contribution in [2.75, 3.05) is 0 Å². The molecule has 0 saturated heterocycles. The summed E-state index contributed by atoms with van der Waals surface area (Å²) in [6, 6.07) is 9.72. The molecule has 0 bridgehead atoms. The summed E-state index contributed by atoms with van der Waals surface area (Å²) in [6.07, 6.45) is 0. The molecule has 0 aliphatic carbocycles. The molecule has 1 aromatic heterocycles. The third-order valence-electron chi connectivity index (χ3n) is 1.88. The van der Waals surface area contributed by atoms with E-state index in [-0.39, 0.29) is 0 Å². The first kappa shape index (κ1) is 10.6. The highest BCUT2D eigenvalue weighted by Crippen LogP contribution is 2.23. The molecule has 2 rings (SSSR count). The SMILES string of the molecule is Cc1cc(CSc2ccc(Cl)cc2)no1. The smallest absolute Gasteiger partial charge is 0.133 e. The lowest BCUT2D eigenvalue weighted by Gasteiger charge is -1.98. The van der Waals surface area contributed by atoms with Crippen molar-refractivity contribution >= 4 is 23.4 Å². The maximum Gasteiger partial charge on any atom is 0.133 e. The predicted octanol–water partition coefficient (Wildman–Crippen LogP) is 3.93. The van der Waals surface area contributed by atoms with E-state index in [0.717, 1.165) is 22.2 Å². The molecule has 0 spiro atoms. The van der Waals surface area contributed by atoms with E-state index in [2.05, 4.69) is 5.16 Å². The van der Waals surface area contributed by atoms with E-state index >= 15 is 0 Å². The second-order valence-electron chi connectivity index (χ2n) is 3.17. The molecule has 0 N–H and O–H groups in total. The first-order valence-corrected chi connectivity index (χ1v) is 5.91. The molecule has 0 aliphatic heterocycles. The van der Waals surface area contributed by atoms with E-state index in [4.69, 9.17) is 16.1 Å². The van der Waals surface area contributed by atoms with Crippen LogP contribution < -0.4 is 0 Å². The van der Waals surface area contributed by atoms with Crippen LogP contribution in [0.5, 0.6) is 0 Å². The summed E-state index contributed by atoms with van der Waals surface area (Å²) >= 11 is 7.51. The van der Waals surface area contributed by atoms with Crippen LogP contribution in [0.15, 0.2) is 39.8 Å². The summed E-state index contributed by atoms with van der Waals surface area (Å²) in [5, 5.41) is 4.69. The number of nitrogens with zero attached hydrogens (tertiary/aromatic N) is 1. The number of aryl methyl sites for hydroxylation is 1. The van der Waals surface area contributed by atoms with Crippen LogP contribution in [0.1, 0.15) is 11.5 Å². The summed E-state index contributed by atoms with van der Waals surface area (Å²) in [6.45, 7) is 1.89. The highest BCUT2D eigenvalue weighted by Gasteiger charge is 2.01. The number of aromatic nitrogens is 1. The Morgan fingerprint density at radius 1 is 1.33 bits per heavy atom. The lowest BCUT2D eigenvalue weighted by Crippen LogP contribution is -1.78. The average Bonchev–Trinajstić information content (AvgIpc) is 2.64. The van der Waals surface area contributed by atoms with Crippen LogP contribution in [0.2, 0.25) is 5.02 Å². The fourth-order valence-electron chi connectivity index (χ4n) is 1.17. The first-order valence-electron chi connectivity index (χ1n) is 4.54. The van der Waals surface area contributed by atoms with Crippen LogP contribution in [0.4, 0.5) is 0 Å². The van der Waals surface area contributed by atoms with Crippen LogP contribution >= 0.6 is 23.4 Å². The summed E-state index contributed by atoms with van der Waals surface area (Å²) in [5.41, 5.74) is 0.965. The fourth-order valence-corrected chi connectivity index (χ4v) is 2.08. The zero-order chi connectivity index (χ0) is 10.7. The van der Waals surface area contributed by atoms with Gasteiger partial charge in [0.25, 0.3) is 0 Å². The van der Waals surface area contributed by atoms with Gasteiger partial charge < -0.3 is 4.52 Å². The van der Waals surface area contributed by atoms with Crippen molar-refractivity contribution in [2.45, 2.75) is 17.6 Å². The number of hydrogen-bond acceptors (Lipinski definition) is 3. The second kappa shape index (κ2) is 4.73. The Kier molecular flexibility index (Phi) is 3.34. The molecule has 0 unspecified atom stereocenters. The predicted molar refractivity (Wildman–Crippen MR) is 62.3 cm³/mol. The maximum atomic E-state index is 5.80. The van der Waals surface area contributed by atoms with E-state index in [1.165, 1.54) is 4.90 Å². The Balaban J connectivity index is 1.96. The summed E-state index contributed by atoms with van der Waals surface area (Å²) in [5.74, 6) is 1.67. The molecule has 0 atom stereocenters. The van der Waals surface area contributed by atoms with Crippen LogP contribution in [0.25, 0.3) is 0 Å². The van der Waals surface area contributed by atoms with Crippen molar-refractivity contribution in [2.24, 2.45) is 0 Å². The van der Waals surface area contributed by atoms with Crippen molar-refractivity contribution in [3.63, 3.8) is 0 Å². The summed E-state index contributed by atoms with van der Waals surface area (Å²) in [4.78, 5) is 1.18. The van der Waals surface area contributed by atoms with Crippen molar-refractivity contribution in [3.05, 3.63) is 46.8 Å². The summed E-state index contributed by atoms with van der Waals surface area (Å²) < 4.78 is 4.99. The molecular formula is C11H10ClNOS. The standard InChI is InChI=1S/C11H10ClNOS/c1-8-6-10(13-14-8)7-15-11-4-2-9(12)3-5-11/h2-6H,7H2,1H3. The molecule has 0 radical (unpaired) electrons. The van der Waals surface area contributed by atoms with Gasteiger partial charge >= 0.3 is 0 Å². The van der Waals surface area contributed by atoms with Gasteiger partial charge in [-0.05, 0) is 31.2 Å². The van der Waals surface area contributed by atoms with Gasteiger partial charge in [0.05, 0.1) is 5.69 Å². The first-order chi connectivity index (χ1) is 7.24. The topological polar surface area (TPSA) is 26.0 Å². The minimum Gasteiger partial charge on any atom is -0.361 e. The Morgan fingerprint density at radius 2 is 2.07 bits per heavy atom. The van der Waals surface area contributed by atoms with E-state index in [1.807, 2.05) is 37.3 Å². The fraction of sp³-hybridized carbons (Fsp3) is 0.182. The molecular weight excluding hydrogens is 230 g/mol. The van der Waals surface area contributed by atoms with Gasteiger partial charge in [-0.15, -0.1) is 11.8 Å². The number of thioether (sulfide) groups is 1. The summed E-state index contributed by atoms with van der Waals surface area (Å²) in [7, 11) is 0. The molecule has 2 aromatic rings. The van der Waals surface area contributed by atoms with Gasteiger partial charge in [0.1, 0.15) is 5.76 Å². The highest BCUT2D eigenvalue weighted by atomic mass is 35.5. The molecule has 2 nitrogen and oxygen atoms in total. The van der Waals surface area contributed by atoms with Gasteiger partial charge in [0.2, 0.25) is 0 Å². The Bertz CT molecular complexity index is 438. The Morgan fingerprint density at radius 3 is 2.67 bits per heavy atom. The second-order valence-corrected chi connectivity index (χ2v) is 4.66. The normalized spacial score (nSPS) is 10.5. The molecule has 0 saturated carbocycles. The monoisotopic (exact) mass is 239 g/mol. The molecule has 1 heterocycles. The van der Waals surface area contributed by atoms with Crippen LogP contribution in [0.3, 0.4) is 0 Å². The molecule has 1 aromatic carbocycles. The molecule has 15 heavy (non-hydrogen) atoms. The third kappa shape index (κ3) is 3.01. The maximum absolute atomic E-state index is 5.80. The van der Waals surface area contributed by atoms with Gasteiger partial charge in [-0.3, -0.25) is 0 Å². The van der Waals surface area contributed by atoms with Gasteiger partial charge in [-0.25, -0.2) is 0 Å². The highest BCUT2D eigenvalue weighted by molar-refractivity contribution is 7.98. The molecule has 78 valence electrons. The zero-order valence-corrected chi connectivity index (χ0v) is 9.81. The van der Waals surface area contributed by atoms with Gasteiger partial charge in [0, 0.05) is 21.7 Å². The minimum atomic E-state index is 0.761. The number of rotatable bonds is 3. The van der Waals surface area contributed by atoms with Crippen molar-refractivity contribution in [3.8, 4) is 0 Å². The van der Waals surface area contributed by atoms with E-state index in [1.54, 1.807) is 11.8 Å². The number of benzene rings is 1. The van der Waals surface area contributed by atoms with E-state index in [0.29, 0.717) is 0 Å². The molecule has 0 fully saturated rings. The lowest BCUT2D eigenvalue weighted by atomic mass is 10.4. The van der Waals surface area contributed by atoms with Crippen molar-refractivity contribution in [1.29, 1.82) is 0 Å². The largest absolute Gasteiger partial charge is 0.361 e. The minimum absolute atomic E-state index is 0.761. The van der Waals surface area contributed by atoms with Gasteiger partial charge in [-0.1, -0.05) is 16.8 Å². The van der Waals surface area contributed by atoms with Crippen LogP contribution in [-0.4, -0.2) is 5.16 Å². The molecule has 0 aliphatic rings. The van der Waals surface area contributed by atoms with Crippen molar-refractivity contribution in [1.82, 2.24) is 5.16 Å². The Hall–Kier alpha value is -0.930. The molecule has 4 heteroatoms. The zero-order valence-electron chi connectivity index (χ0n) is 8.24. The lowest BCUT2D eigenvalue weighted by molar-refractivity contribution is 0.393. The van der Waals surface area contributed by atoms with E-state index < -0.39 is 0 Å². The number of halogens is 1.